The van der Waals surface area contributed by atoms with Gasteiger partial charge < -0.3 is 0 Å². The van der Waals surface area contributed by atoms with Crippen LogP contribution in [0.5, 0.6) is 0 Å². The Hall–Kier alpha value is -2.54. The van der Waals surface area contributed by atoms with Gasteiger partial charge in [-0.1, -0.05) is 26.8 Å². The Morgan fingerprint density at radius 3 is 2.81 bits per heavy atom. The van der Waals surface area contributed by atoms with E-state index in [9.17, 15) is 4.79 Å². The molecule has 1 unspecified atom stereocenters. The van der Waals surface area contributed by atoms with Gasteiger partial charge in [-0.2, -0.15) is 5.10 Å². The van der Waals surface area contributed by atoms with Crippen LogP contribution < -0.4 is 5.56 Å². The fourth-order valence-electron chi connectivity index (χ4n) is 3.67. The Morgan fingerprint density at radius 1 is 1.15 bits per heavy atom. The highest BCUT2D eigenvalue weighted by atomic mass is 16.1. The summed E-state index contributed by atoms with van der Waals surface area (Å²) in [7, 11) is 0. The second-order valence-electron chi connectivity index (χ2n) is 8.30. The van der Waals surface area contributed by atoms with E-state index in [1.54, 1.807) is 10.7 Å². The Labute approximate surface area is 158 Å². The number of aromatic nitrogens is 5. The van der Waals surface area contributed by atoms with Gasteiger partial charge in [-0.05, 0) is 37.6 Å². The maximum atomic E-state index is 12.3. The van der Waals surface area contributed by atoms with E-state index in [1.807, 2.05) is 34.9 Å². The molecule has 0 N–H and O–H groups in total. The Kier molecular flexibility index (Phi) is 4.55. The van der Waals surface area contributed by atoms with E-state index in [0.29, 0.717) is 6.54 Å². The second-order valence-corrected chi connectivity index (χ2v) is 8.30. The first-order valence-electron chi connectivity index (χ1n) is 9.53. The van der Waals surface area contributed by atoms with Gasteiger partial charge in [0.25, 0.3) is 5.56 Å². The summed E-state index contributed by atoms with van der Waals surface area (Å²) in [6.45, 7) is 8.68. The molecule has 4 rings (SSSR count). The summed E-state index contributed by atoms with van der Waals surface area (Å²) in [5, 5.41) is 13.2. The fourth-order valence-corrected chi connectivity index (χ4v) is 3.67. The number of fused-ring (bicyclic) bond motifs is 1. The zero-order valence-electron chi connectivity index (χ0n) is 16.2. The van der Waals surface area contributed by atoms with Crippen molar-refractivity contribution >= 4 is 5.65 Å². The van der Waals surface area contributed by atoms with Crippen LogP contribution in [0.2, 0.25) is 0 Å². The number of pyridine rings is 1. The van der Waals surface area contributed by atoms with Crippen molar-refractivity contribution in [1.82, 2.24) is 29.3 Å². The first-order valence-corrected chi connectivity index (χ1v) is 9.53. The zero-order valence-corrected chi connectivity index (χ0v) is 16.2. The average molecular weight is 366 g/mol. The molecule has 3 aromatic heterocycles. The third-order valence-electron chi connectivity index (χ3n) is 5.25. The summed E-state index contributed by atoms with van der Waals surface area (Å²) < 4.78 is 3.66. The van der Waals surface area contributed by atoms with Crippen LogP contribution in [-0.4, -0.2) is 41.9 Å². The van der Waals surface area contributed by atoms with Crippen molar-refractivity contribution < 1.29 is 0 Å². The van der Waals surface area contributed by atoms with Crippen molar-refractivity contribution in [3.05, 3.63) is 58.4 Å². The predicted octanol–water partition coefficient (Wildman–Crippen LogP) is 2.25. The minimum atomic E-state index is -0.0781. The standard InChI is InChI=1S/C20H26N6O/c1-20(2,3)16-9-10-19(27)26(23-16)13-15-7-6-11-24(15)14-18-22-21-17-8-4-5-12-25(17)18/h4-5,8-10,12,15H,6-7,11,13-14H2,1-3H3. The first-order chi connectivity index (χ1) is 12.9. The molecule has 142 valence electrons. The zero-order chi connectivity index (χ0) is 19.0. The monoisotopic (exact) mass is 366 g/mol. The summed E-state index contributed by atoms with van der Waals surface area (Å²) >= 11 is 0. The molecule has 0 aliphatic carbocycles. The summed E-state index contributed by atoms with van der Waals surface area (Å²) in [4.78, 5) is 14.7. The van der Waals surface area contributed by atoms with Crippen LogP contribution in [0.3, 0.4) is 0 Å². The molecule has 0 amide bonds. The second kappa shape index (κ2) is 6.88. The van der Waals surface area contributed by atoms with Gasteiger partial charge in [0.15, 0.2) is 11.5 Å². The van der Waals surface area contributed by atoms with Crippen molar-refractivity contribution in [2.75, 3.05) is 6.54 Å². The first kappa shape index (κ1) is 17.9. The molecule has 1 aliphatic rings. The molecule has 1 saturated heterocycles. The smallest absolute Gasteiger partial charge is 0.266 e. The van der Waals surface area contributed by atoms with Crippen molar-refractivity contribution in [2.45, 2.75) is 58.2 Å². The summed E-state index contributed by atoms with van der Waals surface area (Å²) in [6, 6.07) is 9.67. The van der Waals surface area contributed by atoms with Crippen LogP contribution in [0.1, 0.15) is 45.1 Å². The summed E-state index contributed by atoms with van der Waals surface area (Å²) in [6.07, 6.45) is 4.17. The summed E-state index contributed by atoms with van der Waals surface area (Å²) in [5.74, 6) is 0.932. The highest BCUT2D eigenvalue weighted by Gasteiger charge is 2.27. The number of hydrogen-bond donors (Lipinski definition) is 0. The lowest BCUT2D eigenvalue weighted by atomic mass is 9.92. The molecule has 0 spiro atoms. The minimum Gasteiger partial charge on any atom is -0.291 e. The molecule has 1 aliphatic heterocycles. The maximum Gasteiger partial charge on any atom is 0.266 e. The predicted molar refractivity (Wildman–Crippen MR) is 104 cm³/mol. The third-order valence-corrected chi connectivity index (χ3v) is 5.25. The van der Waals surface area contributed by atoms with Crippen molar-refractivity contribution in [1.29, 1.82) is 0 Å². The van der Waals surface area contributed by atoms with Crippen LogP contribution in [0.4, 0.5) is 0 Å². The van der Waals surface area contributed by atoms with Gasteiger partial charge in [-0.25, -0.2) is 4.68 Å². The lowest BCUT2D eigenvalue weighted by molar-refractivity contribution is 0.210. The normalized spacial score (nSPS) is 18.4. The number of hydrogen-bond acceptors (Lipinski definition) is 5. The van der Waals surface area contributed by atoms with Gasteiger partial charge in [-0.3, -0.25) is 14.1 Å². The van der Waals surface area contributed by atoms with Gasteiger partial charge in [0.2, 0.25) is 0 Å². The summed E-state index contributed by atoms with van der Waals surface area (Å²) in [5.41, 5.74) is 1.68. The Morgan fingerprint density at radius 2 is 2.00 bits per heavy atom. The number of likely N-dealkylation sites (tertiary alicyclic amines) is 1. The van der Waals surface area contributed by atoms with Crippen LogP contribution >= 0.6 is 0 Å². The van der Waals surface area contributed by atoms with Crippen LogP contribution in [0, 0.1) is 0 Å². The van der Waals surface area contributed by atoms with Gasteiger partial charge in [0.1, 0.15) is 0 Å². The Balaban J connectivity index is 1.55. The molecule has 0 radical (unpaired) electrons. The van der Waals surface area contributed by atoms with E-state index in [-0.39, 0.29) is 17.0 Å². The molecule has 7 nitrogen and oxygen atoms in total. The van der Waals surface area contributed by atoms with Crippen LogP contribution in [0.15, 0.2) is 41.3 Å². The highest BCUT2D eigenvalue weighted by Crippen LogP contribution is 2.22. The van der Waals surface area contributed by atoms with Crippen molar-refractivity contribution in [3.8, 4) is 0 Å². The molecule has 7 heteroatoms. The average Bonchev–Trinajstić information content (AvgIpc) is 3.24. The highest BCUT2D eigenvalue weighted by molar-refractivity contribution is 5.36. The molecule has 4 heterocycles. The van der Waals surface area contributed by atoms with Crippen LogP contribution in [0.25, 0.3) is 5.65 Å². The van der Waals surface area contributed by atoms with E-state index < -0.39 is 0 Å². The molecule has 27 heavy (non-hydrogen) atoms. The molecular weight excluding hydrogens is 340 g/mol. The van der Waals surface area contributed by atoms with Crippen molar-refractivity contribution in [2.24, 2.45) is 0 Å². The molecule has 1 atom stereocenters. The SMILES string of the molecule is CC(C)(C)c1ccc(=O)n(CC2CCCN2Cc2nnc3ccccn23)n1. The van der Waals surface area contributed by atoms with Gasteiger partial charge in [0.05, 0.1) is 18.8 Å². The fraction of sp³-hybridized carbons (Fsp3) is 0.500. The molecular formula is C20H26N6O. The quantitative estimate of drug-likeness (QED) is 0.708. The maximum absolute atomic E-state index is 12.3. The molecule has 0 saturated carbocycles. The third kappa shape index (κ3) is 3.64. The van der Waals surface area contributed by atoms with Crippen LogP contribution in [-0.2, 0) is 18.5 Å². The van der Waals surface area contributed by atoms with E-state index >= 15 is 0 Å². The van der Waals surface area contributed by atoms with E-state index in [2.05, 4.69) is 41.0 Å². The topological polar surface area (TPSA) is 68.3 Å². The molecule has 0 aromatic carbocycles. The largest absolute Gasteiger partial charge is 0.291 e. The number of nitrogens with zero attached hydrogens (tertiary/aromatic N) is 6. The molecule has 3 aromatic rings. The lowest BCUT2D eigenvalue weighted by Crippen LogP contribution is -2.37. The van der Waals surface area contributed by atoms with E-state index in [1.165, 1.54) is 0 Å². The van der Waals surface area contributed by atoms with Gasteiger partial charge in [-0.15, -0.1) is 10.2 Å². The lowest BCUT2D eigenvalue weighted by Gasteiger charge is -2.25. The van der Waals surface area contributed by atoms with Gasteiger partial charge in [0, 0.05) is 23.7 Å². The molecule has 0 bridgehead atoms. The number of rotatable bonds is 4. The minimum absolute atomic E-state index is 0.0391. The van der Waals surface area contributed by atoms with E-state index in [0.717, 1.165) is 43.1 Å². The Bertz CT molecular complexity index is 999. The van der Waals surface area contributed by atoms with Gasteiger partial charge >= 0.3 is 0 Å². The van der Waals surface area contributed by atoms with E-state index in [4.69, 9.17) is 0 Å². The van der Waals surface area contributed by atoms with Crippen molar-refractivity contribution in [3.63, 3.8) is 0 Å². The molecule has 1 fully saturated rings.